The maximum absolute atomic E-state index is 6.52. The third-order valence-electron chi connectivity index (χ3n) is 11.3. The molecule has 0 aliphatic heterocycles. The Morgan fingerprint density at radius 1 is 0.365 bits per heavy atom. The van der Waals surface area contributed by atoms with E-state index < -0.39 is 0 Å². The first kappa shape index (κ1) is 27.9. The fourth-order valence-electron chi connectivity index (χ4n) is 8.97. The van der Waals surface area contributed by atoms with Crippen LogP contribution in [0.4, 0.5) is 0 Å². The van der Waals surface area contributed by atoms with Crippen molar-refractivity contribution in [3.8, 4) is 27.9 Å². The normalized spacial score (nSPS) is 12.9. The van der Waals surface area contributed by atoms with Gasteiger partial charge in [-0.2, -0.15) is 0 Å². The van der Waals surface area contributed by atoms with Crippen LogP contribution in [0.25, 0.3) is 93.6 Å². The summed E-state index contributed by atoms with van der Waals surface area (Å²) < 4.78 is 15.4. The van der Waals surface area contributed by atoms with E-state index in [4.69, 9.17) is 8.83 Å². The Kier molecular flexibility index (Phi) is 5.56. The van der Waals surface area contributed by atoms with Crippen molar-refractivity contribution >= 4 is 65.7 Å². The van der Waals surface area contributed by atoms with Gasteiger partial charge >= 0.3 is 0 Å². The first-order valence-electron chi connectivity index (χ1n) is 17.9. The molecule has 1 aliphatic rings. The van der Waals surface area contributed by atoms with Gasteiger partial charge in [0.2, 0.25) is 0 Å². The minimum Gasteiger partial charge on any atom is -0.456 e. The van der Waals surface area contributed by atoms with E-state index in [0.717, 1.165) is 55.1 Å². The fraction of sp³-hybridized carbons (Fsp3) is 0.0204. The molecule has 242 valence electrons. The molecule has 0 bridgehead atoms. The summed E-state index contributed by atoms with van der Waals surface area (Å²) in [7, 11) is 0. The second-order valence-corrected chi connectivity index (χ2v) is 14.0. The Hall–Kier alpha value is -6.84. The molecule has 0 amide bonds. The summed E-state index contributed by atoms with van der Waals surface area (Å²) in [6, 6.07) is 61.3. The van der Waals surface area contributed by atoms with Crippen LogP contribution in [0.1, 0.15) is 22.6 Å². The molecular weight excluding hydrogens is 635 g/mol. The zero-order chi connectivity index (χ0) is 33.9. The SMILES string of the molecule is c1cc(-c2ccc3oc4cc5c(cc4c3c2)oc2ccc(-n3c4ccccc4c4ccccc43)cc25)cc(C2c3ccccc3-c3ccccc32)c1. The van der Waals surface area contributed by atoms with Crippen molar-refractivity contribution in [2.24, 2.45) is 0 Å². The molecule has 0 atom stereocenters. The first-order valence-corrected chi connectivity index (χ1v) is 17.9. The topological polar surface area (TPSA) is 31.2 Å². The number of furan rings is 2. The predicted molar refractivity (Wildman–Crippen MR) is 214 cm³/mol. The van der Waals surface area contributed by atoms with E-state index in [0.29, 0.717) is 0 Å². The summed E-state index contributed by atoms with van der Waals surface area (Å²) in [6.07, 6.45) is 0. The van der Waals surface area contributed by atoms with Crippen LogP contribution >= 0.6 is 0 Å². The van der Waals surface area contributed by atoms with Crippen LogP contribution in [0.5, 0.6) is 0 Å². The van der Waals surface area contributed by atoms with Gasteiger partial charge in [0.05, 0.1) is 11.0 Å². The van der Waals surface area contributed by atoms with Gasteiger partial charge < -0.3 is 13.4 Å². The zero-order valence-corrected chi connectivity index (χ0v) is 28.0. The molecule has 12 rings (SSSR count). The zero-order valence-electron chi connectivity index (χ0n) is 28.0. The molecule has 3 heterocycles. The maximum Gasteiger partial charge on any atom is 0.136 e. The molecule has 0 fully saturated rings. The van der Waals surface area contributed by atoms with E-state index in [1.165, 1.54) is 55.2 Å². The molecule has 0 saturated carbocycles. The molecule has 8 aromatic carbocycles. The van der Waals surface area contributed by atoms with Crippen LogP contribution in [0.2, 0.25) is 0 Å². The van der Waals surface area contributed by atoms with Crippen LogP contribution in [0.3, 0.4) is 0 Å². The van der Waals surface area contributed by atoms with Crippen molar-refractivity contribution in [1.29, 1.82) is 0 Å². The molecule has 3 heteroatoms. The maximum atomic E-state index is 6.52. The number of fused-ring (bicyclic) bond motifs is 12. The van der Waals surface area contributed by atoms with Crippen molar-refractivity contribution in [2.75, 3.05) is 0 Å². The van der Waals surface area contributed by atoms with Crippen LogP contribution in [-0.2, 0) is 0 Å². The van der Waals surface area contributed by atoms with Gasteiger partial charge in [-0.3, -0.25) is 0 Å². The molecule has 0 saturated heterocycles. The summed E-state index contributed by atoms with van der Waals surface area (Å²) in [5.41, 5.74) is 16.0. The molecule has 1 aliphatic carbocycles. The van der Waals surface area contributed by atoms with Crippen molar-refractivity contribution in [1.82, 2.24) is 4.57 Å². The van der Waals surface area contributed by atoms with Crippen molar-refractivity contribution in [3.05, 3.63) is 187 Å². The van der Waals surface area contributed by atoms with Gasteiger partial charge in [0.1, 0.15) is 22.3 Å². The van der Waals surface area contributed by atoms with Crippen LogP contribution in [-0.4, -0.2) is 4.57 Å². The molecule has 3 aromatic heterocycles. The molecule has 0 unspecified atom stereocenters. The highest BCUT2D eigenvalue weighted by atomic mass is 16.3. The number of hydrogen-bond acceptors (Lipinski definition) is 2. The Morgan fingerprint density at radius 3 is 1.58 bits per heavy atom. The third-order valence-corrected chi connectivity index (χ3v) is 11.3. The lowest BCUT2D eigenvalue weighted by Gasteiger charge is -2.16. The predicted octanol–water partition coefficient (Wildman–Crippen LogP) is 13.4. The van der Waals surface area contributed by atoms with E-state index in [9.17, 15) is 0 Å². The smallest absolute Gasteiger partial charge is 0.136 e. The molecule has 0 spiro atoms. The summed E-state index contributed by atoms with van der Waals surface area (Å²) in [5, 5.41) is 6.76. The molecule has 11 aromatic rings. The second-order valence-electron chi connectivity index (χ2n) is 14.0. The number of aromatic nitrogens is 1. The Balaban J connectivity index is 0.980. The van der Waals surface area contributed by atoms with Gasteiger partial charge in [-0.25, -0.2) is 0 Å². The highest BCUT2D eigenvalue weighted by Gasteiger charge is 2.29. The van der Waals surface area contributed by atoms with Gasteiger partial charge in [0.15, 0.2) is 0 Å². The van der Waals surface area contributed by atoms with E-state index >= 15 is 0 Å². The van der Waals surface area contributed by atoms with Gasteiger partial charge in [-0.15, -0.1) is 0 Å². The minimum atomic E-state index is 0.211. The summed E-state index contributed by atoms with van der Waals surface area (Å²) >= 11 is 0. The summed E-state index contributed by atoms with van der Waals surface area (Å²) in [6.45, 7) is 0. The van der Waals surface area contributed by atoms with Crippen LogP contribution < -0.4 is 0 Å². The van der Waals surface area contributed by atoms with Gasteiger partial charge in [0, 0.05) is 43.9 Å². The Bertz CT molecular complexity index is 3160. The van der Waals surface area contributed by atoms with Crippen molar-refractivity contribution < 1.29 is 8.83 Å². The number of para-hydroxylation sites is 2. The molecule has 52 heavy (non-hydrogen) atoms. The largest absolute Gasteiger partial charge is 0.456 e. The Morgan fingerprint density at radius 2 is 0.904 bits per heavy atom. The summed E-state index contributed by atoms with van der Waals surface area (Å²) in [5.74, 6) is 0.211. The highest BCUT2D eigenvalue weighted by molar-refractivity contribution is 6.16. The minimum absolute atomic E-state index is 0.211. The molecule has 0 radical (unpaired) electrons. The lowest BCUT2D eigenvalue weighted by atomic mass is 9.87. The van der Waals surface area contributed by atoms with E-state index in [1.54, 1.807) is 0 Å². The number of rotatable bonds is 3. The number of hydrogen-bond donors (Lipinski definition) is 0. The highest BCUT2D eigenvalue weighted by Crippen LogP contribution is 2.48. The molecular formula is C49H29NO2. The van der Waals surface area contributed by atoms with Gasteiger partial charge in [-0.1, -0.05) is 115 Å². The van der Waals surface area contributed by atoms with E-state index in [-0.39, 0.29) is 5.92 Å². The standard InChI is InChI=1S/C49H29NO2/c1-3-16-37-33(12-1)34-13-2-4-17-38(34)49(37)31-11-9-10-29(24-31)30-20-22-45-39(25-30)41-27-48-42(28-47(41)51-45)40-26-32(21-23-46(40)52-48)50-43-18-7-5-14-35(43)36-15-6-8-19-44(36)50/h1-28,49H. The summed E-state index contributed by atoms with van der Waals surface area (Å²) in [4.78, 5) is 0. The van der Waals surface area contributed by atoms with Crippen molar-refractivity contribution in [2.45, 2.75) is 5.92 Å². The first-order chi connectivity index (χ1) is 25.8. The average molecular weight is 664 g/mol. The monoisotopic (exact) mass is 663 g/mol. The van der Waals surface area contributed by atoms with Crippen LogP contribution in [0, 0.1) is 0 Å². The third kappa shape index (κ3) is 3.85. The number of nitrogens with zero attached hydrogens (tertiary/aromatic N) is 1. The second kappa shape index (κ2) is 10.3. The van der Waals surface area contributed by atoms with E-state index in [1.807, 2.05) is 0 Å². The Labute approximate surface area is 298 Å². The molecule has 3 nitrogen and oxygen atoms in total. The number of benzene rings is 8. The van der Waals surface area contributed by atoms with Crippen molar-refractivity contribution in [3.63, 3.8) is 0 Å². The van der Waals surface area contributed by atoms with Crippen LogP contribution in [0.15, 0.2) is 179 Å². The average Bonchev–Trinajstić information content (AvgIpc) is 3.94. The quantitative estimate of drug-likeness (QED) is 0.188. The van der Waals surface area contributed by atoms with Gasteiger partial charge in [-0.05, 0) is 93.5 Å². The molecule has 0 N–H and O–H groups in total. The van der Waals surface area contributed by atoms with Gasteiger partial charge in [0.25, 0.3) is 0 Å². The lowest BCUT2D eigenvalue weighted by Crippen LogP contribution is -1.99. The fourth-order valence-corrected chi connectivity index (χ4v) is 8.97. The van der Waals surface area contributed by atoms with E-state index in [2.05, 4.69) is 174 Å². The lowest BCUT2D eigenvalue weighted by molar-refractivity contribution is 0.664.